The van der Waals surface area contributed by atoms with Crippen molar-refractivity contribution < 1.29 is 17.6 Å². The van der Waals surface area contributed by atoms with Gasteiger partial charge in [-0.3, -0.25) is 14.7 Å². The third-order valence-corrected chi connectivity index (χ3v) is 9.20. The fourth-order valence-electron chi connectivity index (χ4n) is 3.98. The number of furan rings is 1. The molecule has 10 heteroatoms. The van der Waals surface area contributed by atoms with Crippen LogP contribution in [0.2, 0.25) is 0 Å². The third-order valence-electron chi connectivity index (χ3n) is 6.05. The molecule has 33 heavy (non-hydrogen) atoms. The van der Waals surface area contributed by atoms with Gasteiger partial charge in [0.05, 0.1) is 30.4 Å². The number of sulfone groups is 1. The van der Waals surface area contributed by atoms with Crippen LogP contribution in [0.25, 0.3) is 0 Å². The summed E-state index contributed by atoms with van der Waals surface area (Å²) >= 11 is 1.48. The summed E-state index contributed by atoms with van der Waals surface area (Å²) in [6, 6.07) is 11.3. The highest BCUT2D eigenvalue weighted by Gasteiger charge is 2.42. The van der Waals surface area contributed by atoms with Gasteiger partial charge in [-0.25, -0.2) is 8.42 Å². The largest absolute Gasteiger partial charge is 0.468 e. The minimum absolute atomic E-state index is 0.00493. The molecule has 0 spiro atoms. The van der Waals surface area contributed by atoms with Crippen LogP contribution in [0.15, 0.2) is 52.1 Å². The number of rotatable bonds is 9. The molecule has 4 rings (SSSR count). The predicted octanol–water partition coefficient (Wildman–Crippen LogP) is 2.99. The molecule has 1 aromatic heterocycles. The molecule has 0 saturated carbocycles. The van der Waals surface area contributed by atoms with E-state index < -0.39 is 9.84 Å². The maximum Gasteiger partial charge on any atom is 0.251 e. The van der Waals surface area contributed by atoms with Crippen molar-refractivity contribution in [3.05, 3.63) is 54.0 Å². The van der Waals surface area contributed by atoms with Gasteiger partial charge in [0.1, 0.15) is 5.76 Å². The third kappa shape index (κ3) is 6.18. The van der Waals surface area contributed by atoms with Gasteiger partial charge in [-0.05, 0) is 49.7 Å². The van der Waals surface area contributed by atoms with Gasteiger partial charge in [0.25, 0.3) is 5.91 Å². The minimum Gasteiger partial charge on any atom is -0.468 e. The van der Waals surface area contributed by atoms with E-state index >= 15 is 0 Å². The van der Waals surface area contributed by atoms with Crippen LogP contribution < -0.4 is 10.6 Å². The summed E-state index contributed by atoms with van der Waals surface area (Å²) in [5, 5.41) is 6.97. The molecule has 0 aliphatic carbocycles. The quantitative estimate of drug-likeness (QED) is 0.557. The van der Waals surface area contributed by atoms with E-state index in [9.17, 15) is 13.2 Å². The number of carbonyl (C=O) groups is 1. The Hall–Kier alpha value is -2.30. The lowest BCUT2D eigenvalue weighted by atomic mass is 10.2. The Morgan fingerprint density at radius 1 is 1.27 bits per heavy atom. The molecule has 2 aliphatic heterocycles. The number of nitrogens with zero attached hydrogens (tertiary/aromatic N) is 2. The average molecular weight is 491 g/mol. The van der Waals surface area contributed by atoms with E-state index in [-0.39, 0.29) is 28.7 Å². The smallest absolute Gasteiger partial charge is 0.251 e. The van der Waals surface area contributed by atoms with Crippen LogP contribution >= 0.6 is 11.8 Å². The zero-order valence-electron chi connectivity index (χ0n) is 18.9. The Balaban J connectivity index is 1.26. The van der Waals surface area contributed by atoms with Crippen LogP contribution in [0.3, 0.4) is 0 Å². The minimum atomic E-state index is -2.96. The Labute approximate surface area is 199 Å². The number of fused-ring (bicyclic) bond motifs is 1. The number of hydrogen-bond donors (Lipinski definition) is 2. The second kappa shape index (κ2) is 10.3. The van der Waals surface area contributed by atoms with E-state index in [1.807, 2.05) is 24.3 Å². The molecule has 8 nitrogen and oxygen atoms in total. The van der Waals surface area contributed by atoms with Crippen molar-refractivity contribution in [3.63, 3.8) is 0 Å². The molecule has 2 aliphatic rings. The number of carbonyl (C=O) groups excluding carboxylic acids is 1. The molecule has 1 fully saturated rings. The second-order valence-corrected chi connectivity index (χ2v) is 11.9. The average Bonchev–Trinajstić information content (AvgIpc) is 3.48. The number of anilines is 1. The van der Waals surface area contributed by atoms with Crippen LogP contribution in [0, 0.1) is 0 Å². The summed E-state index contributed by atoms with van der Waals surface area (Å²) in [5.41, 5.74) is 1.41. The number of benzene rings is 1. The highest BCUT2D eigenvalue weighted by atomic mass is 32.2. The molecule has 3 heterocycles. The topological polar surface area (TPSA) is 104 Å². The molecule has 0 radical (unpaired) electrons. The monoisotopic (exact) mass is 490 g/mol. The van der Waals surface area contributed by atoms with E-state index in [0.717, 1.165) is 29.6 Å². The number of thioether (sulfide) groups is 1. The van der Waals surface area contributed by atoms with Gasteiger partial charge in [0, 0.05) is 35.6 Å². The molecule has 2 aromatic rings. The first-order valence-corrected chi connectivity index (χ1v) is 13.9. The fourth-order valence-corrected chi connectivity index (χ4v) is 7.65. The van der Waals surface area contributed by atoms with Crippen molar-refractivity contribution in [2.45, 2.75) is 44.1 Å². The van der Waals surface area contributed by atoms with Gasteiger partial charge < -0.3 is 15.1 Å². The number of amides is 1. The van der Waals surface area contributed by atoms with E-state index in [4.69, 9.17) is 4.42 Å². The zero-order valence-corrected chi connectivity index (χ0v) is 20.5. The molecule has 1 amide bonds. The van der Waals surface area contributed by atoms with E-state index in [1.54, 1.807) is 18.4 Å². The second-order valence-electron chi connectivity index (χ2n) is 8.50. The van der Waals surface area contributed by atoms with Crippen LogP contribution in [0.4, 0.5) is 5.69 Å². The predicted molar refractivity (Wildman–Crippen MR) is 133 cm³/mol. The SMILES string of the molecule is CC[C@H](C)N(CCNC(=O)c1ccc(NC2=N[C@@H]3CS(=O)(=O)C[C@H]3S2)cc1)Cc1ccco1. The van der Waals surface area contributed by atoms with Crippen molar-refractivity contribution >= 4 is 38.4 Å². The van der Waals surface area contributed by atoms with Gasteiger partial charge in [-0.1, -0.05) is 18.7 Å². The highest BCUT2D eigenvalue weighted by molar-refractivity contribution is 8.15. The van der Waals surface area contributed by atoms with Crippen molar-refractivity contribution in [2.24, 2.45) is 4.99 Å². The summed E-state index contributed by atoms with van der Waals surface area (Å²) in [4.78, 5) is 19.4. The fraction of sp³-hybridized carbons (Fsp3) is 0.478. The molecule has 178 valence electrons. The Bertz CT molecular complexity index is 1080. The lowest BCUT2D eigenvalue weighted by Gasteiger charge is -2.27. The molecule has 3 atom stereocenters. The number of hydrogen-bond acceptors (Lipinski definition) is 8. The van der Waals surface area contributed by atoms with Gasteiger partial charge in [0.15, 0.2) is 15.0 Å². The first kappa shape index (κ1) is 23.8. The van der Waals surface area contributed by atoms with Crippen molar-refractivity contribution in [2.75, 3.05) is 29.9 Å². The van der Waals surface area contributed by atoms with Gasteiger partial charge in [0.2, 0.25) is 0 Å². The van der Waals surface area contributed by atoms with Crippen LogP contribution in [-0.4, -0.2) is 66.3 Å². The Morgan fingerprint density at radius 2 is 2.06 bits per heavy atom. The van der Waals surface area contributed by atoms with Crippen LogP contribution in [-0.2, 0) is 16.4 Å². The maximum absolute atomic E-state index is 12.6. The number of amidine groups is 1. The first-order valence-electron chi connectivity index (χ1n) is 11.2. The normalized spacial score (nSPS) is 22.1. The van der Waals surface area contributed by atoms with Crippen LogP contribution in [0.5, 0.6) is 0 Å². The molecule has 1 saturated heterocycles. The first-order chi connectivity index (χ1) is 15.8. The van der Waals surface area contributed by atoms with Crippen molar-refractivity contribution in [1.82, 2.24) is 10.2 Å². The summed E-state index contributed by atoms with van der Waals surface area (Å²) in [6.07, 6.45) is 2.70. The summed E-state index contributed by atoms with van der Waals surface area (Å²) < 4.78 is 28.9. The highest BCUT2D eigenvalue weighted by Crippen LogP contribution is 2.34. The zero-order chi connectivity index (χ0) is 23.4. The number of aliphatic imine (C=N–C) groups is 1. The van der Waals surface area contributed by atoms with E-state index in [0.29, 0.717) is 24.7 Å². The van der Waals surface area contributed by atoms with E-state index in [1.165, 1.54) is 11.8 Å². The molecule has 0 bridgehead atoms. The Kier molecular flexibility index (Phi) is 7.45. The lowest BCUT2D eigenvalue weighted by Crippen LogP contribution is -2.39. The molecular weight excluding hydrogens is 460 g/mol. The van der Waals surface area contributed by atoms with Gasteiger partial charge >= 0.3 is 0 Å². The molecule has 0 unspecified atom stereocenters. The van der Waals surface area contributed by atoms with E-state index in [2.05, 4.69) is 34.4 Å². The maximum atomic E-state index is 12.6. The summed E-state index contributed by atoms with van der Waals surface area (Å²) in [5.74, 6) is 1.12. The lowest BCUT2D eigenvalue weighted by molar-refractivity contribution is 0.0941. The summed E-state index contributed by atoms with van der Waals surface area (Å²) in [6.45, 7) is 6.32. The standard InChI is InChI=1S/C23H30N4O4S2/c1-3-16(2)27(13-19-5-4-12-31-19)11-10-24-22(28)17-6-8-18(9-7-17)25-23-26-20-14-33(29,30)15-21(20)32-23/h4-9,12,16,20-21H,3,10-11,13-15H2,1-2H3,(H,24,28)(H,25,26)/t16-,20+,21+/m0/s1. The number of nitrogens with one attached hydrogen (secondary N) is 2. The Morgan fingerprint density at radius 3 is 2.73 bits per heavy atom. The van der Waals surface area contributed by atoms with Gasteiger partial charge in [-0.2, -0.15) is 0 Å². The van der Waals surface area contributed by atoms with Crippen molar-refractivity contribution in [3.8, 4) is 0 Å². The molecule has 2 N–H and O–H groups in total. The molecule has 1 aromatic carbocycles. The summed E-state index contributed by atoms with van der Waals surface area (Å²) in [7, 11) is -2.96. The van der Waals surface area contributed by atoms with Crippen LogP contribution in [0.1, 0.15) is 36.4 Å². The molecular formula is C23H30N4O4S2. The van der Waals surface area contributed by atoms with Gasteiger partial charge in [-0.15, -0.1) is 0 Å². The van der Waals surface area contributed by atoms with Crippen molar-refractivity contribution in [1.29, 1.82) is 0 Å².